The van der Waals surface area contributed by atoms with Crippen molar-refractivity contribution in [2.45, 2.75) is 44.8 Å². The largest absolute Gasteiger partial charge is 0.383 e. The molecule has 0 aromatic carbocycles. The predicted molar refractivity (Wildman–Crippen MR) is 74.2 cm³/mol. The van der Waals surface area contributed by atoms with Crippen molar-refractivity contribution in [3.8, 4) is 0 Å². The molecule has 1 saturated heterocycles. The maximum atomic E-state index is 12.2. The number of ether oxygens (including phenoxy) is 2. The SMILES string of the molecule is COCC1CCCN1S(=O)(=O)NCCC(C)(C)OC. The van der Waals surface area contributed by atoms with E-state index in [1.165, 1.54) is 4.31 Å². The van der Waals surface area contributed by atoms with Gasteiger partial charge in [0.1, 0.15) is 0 Å². The van der Waals surface area contributed by atoms with E-state index >= 15 is 0 Å². The van der Waals surface area contributed by atoms with Crippen LogP contribution in [0, 0.1) is 0 Å². The molecule has 1 fully saturated rings. The standard InChI is InChI=1S/C12H26N2O4S/c1-12(2,18-4)7-8-13-19(15,16)14-9-5-6-11(14)10-17-3/h11,13H,5-10H2,1-4H3. The molecule has 0 aromatic rings. The Balaban J connectivity index is 2.51. The minimum absolute atomic E-state index is 0.0436. The lowest BCUT2D eigenvalue weighted by Gasteiger charge is -2.26. The van der Waals surface area contributed by atoms with E-state index in [0.717, 1.165) is 12.8 Å². The molecule has 1 aliphatic heterocycles. The average Bonchev–Trinajstić information content (AvgIpc) is 2.78. The first-order valence-corrected chi connectivity index (χ1v) is 8.07. The van der Waals surface area contributed by atoms with E-state index in [1.54, 1.807) is 14.2 Å². The average molecular weight is 294 g/mol. The van der Waals surface area contributed by atoms with Gasteiger partial charge in [-0.1, -0.05) is 0 Å². The van der Waals surface area contributed by atoms with Crippen LogP contribution in [0.15, 0.2) is 0 Å². The highest BCUT2D eigenvalue weighted by Crippen LogP contribution is 2.20. The summed E-state index contributed by atoms with van der Waals surface area (Å²) in [6.45, 7) is 5.26. The number of hydrogen-bond donors (Lipinski definition) is 1. The van der Waals surface area contributed by atoms with Crippen molar-refractivity contribution < 1.29 is 17.9 Å². The molecule has 6 nitrogen and oxygen atoms in total. The summed E-state index contributed by atoms with van der Waals surface area (Å²) in [5, 5.41) is 0. The second-order valence-corrected chi connectivity index (χ2v) is 7.18. The first-order chi connectivity index (χ1) is 8.82. The van der Waals surface area contributed by atoms with E-state index in [-0.39, 0.29) is 11.6 Å². The second-order valence-electron chi connectivity index (χ2n) is 5.48. The zero-order chi connectivity index (χ0) is 14.5. The summed E-state index contributed by atoms with van der Waals surface area (Å²) in [6.07, 6.45) is 2.38. The summed E-state index contributed by atoms with van der Waals surface area (Å²) in [5.41, 5.74) is -0.320. The highest BCUT2D eigenvalue weighted by Gasteiger charge is 2.34. The van der Waals surface area contributed by atoms with Gasteiger partial charge in [0.05, 0.1) is 12.2 Å². The van der Waals surface area contributed by atoms with Crippen LogP contribution >= 0.6 is 0 Å². The van der Waals surface area contributed by atoms with Gasteiger partial charge in [0.2, 0.25) is 0 Å². The molecule has 1 rings (SSSR count). The molecule has 1 aliphatic rings. The van der Waals surface area contributed by atoms with Gasteiger partial charge >= 0.3 is 0 Å². The second kappa shape index (κ2) is 6.99. The molecule has 1 heterocycles. The molecule has 0 saturated carbocycles. The van der Waals surface area contributed by atoms with Crippen LogP contribution < -0.4 is 4.72 Å². The van der Waals surface area contributed by atoms with Crippen LogP contribution in [0.4, 0.5) is 0 Å². The summed E-state index contributed by atoms with van der Waals surface area (Å²) in [7, 11) is -0.191. The molecule has 0 spiro atoms. The third-order valence-electron chi connectivity index (χ3n) is 3.56. The fraction of sp³-hybridized carbons (Fsp3) is 1.00. The van der Waals surface area contributed by atoms with Crippen molar-refractivity contribution in [1.82, 2.24) is 9.03 Å². The lowest BCUT2D eigenvalue weighted by molar-refractivity contribution is 0.0168. The van der Waals surface area contributed by atoms with Crippen LogP contribution in [0.5, 0.6) is 0 Å². The summed E-state index contributed by atoms with van der Waals surface area (Å²) >= 11 is 0. The maximum absolute atomic E-state index is 12.2. The van der Waals surface area contributed by atoms with Crippen molar-refractivity contribution in [2.75, 3.05) is 33.9 Å². The Morgan fingerprint density at radius 2 is 2.05 bits per heavy atom. The molecule has 19 heavy (non-hydrogen) atoms. The van der Waals surface area contributed by atoms with Gasteiger partial charge in [-0.05, 0) is 33.1 Å². The molecule has 1 atom stereocenters. The minimum atomic E-state index is -3.41. The zero-order valence-corrected chi connectivity index (χ0v) is 13.1. The van der Waals surface area contributed by atoms with Crippen LogP contribution in [-0.4, -0.2) is 58.3 Å². The van der Waals surface area contributed by atoms with E-state index in [9.17, 15) is 8.42 Å². The third-order valence-corrected chi connectivity index (χ3v) is 5.22. The lowest BCUT2D eigenvalue weighted by atomic mass is 10.1. The number of nitrogens with one attached hydrogen (secondary N) is 1. The third kappa shape index (κ3) is 5.00. The Kier molecular flexibility index (Phi) is 6.19. The van der Waals surface area contributed by atoms with Crippen molar-refractivity contribution in [1.29, 1.82) is 0 Å². The van der Waals surface area contributed by atoms with E-state index in [1.807, 2.05) is 13.8 Å². The van der Waals surface area contributed by atoms with Gasteiger partial charge < -0.3 is 9.47 Å². The summed E-state index contributed by atoms with van der Waals surface area (Å²) < 4.78 is 38.9. The molecule has 0 aliphatic carbocycles. The van der Waals surface area contributed by atoms with Crippen LogP contribution in [0.25, 0.3) is 0 Å². The number of rotatable bonds is 8. The molecule has 0 bridgehead atoms. The van der Waals surface area contributed by atoms with Crippen molar-refractivity contribution in [3.63, 3.8) is 0 Å². The molecule has 114 valence electrons. The number of nitrogens with zero attached hydrogens (tertiary/aromatic N) is 1. The smallest absolute Gasteiger partial charge is 0.279 e. The zero-order valence-electron chi connectivity index (χ0n) is 12.3. The molecule has 0 radical (unpaired) electrons. The van der Waals surface area contributed by atoms with Crippen LogP contribution in [-0.2, 0) is 19.7 Å². The van der Waals surface area contributed by atoms with Gasteiger partial charge in [-0.25, -0.2) is 4.72 Å². The quantitative estimate of drug-likeness (QED) is 0.717. The Morgan fingerprint density at radius 3 is 2.63 bits per heavy atom. The molecular formula is C12H26N2O4S. The van der Waals surface area contributed by atoms with Gasteiger partial charge in [0, 0.05) is 33.4 Å². The van der Waals surface area contributed by atoms with Crippen LogP contribution in [0.2, 0.25) is 0 Å². The summed E-state index contributed by atoms with van der Waals surface area (Å²) in [6, 6.07) is -0.0436. The van der Waals surface area contributed by atoms with E-state index in [0.29, 0.717) is 26.1 Å². The van der Waals surface area contributed by atoms with E-state index in [4.69, 9.17) is 9.47 Å². The molecule has 1 N–H and O–H groups in total. The van der Waals surface area contributed by atoms with Crippen LogP contribution in [0.3, 0.4) is 0 Å². The Labute approximate surface area is 116 Å². The van der Waals surface area contributed by atoms with Gasteiger partial charge in [-0.3, -0.25) is 0 Å². The van der Waals surface area contributed by atoms with Crippen molar-refractivity contribution in [3.05, 3.63) is 0 Å². The van der Waals surface area contributed by atoms with Gasteiger partial charge in [-0.2, -0.15) is 12.7 Å². The van der Waals surface area contributed by atoms with Crippen molar-refractivity contribution in [2.24, 2.45) is 0 Å². The summed E-state index contributed by atoms with van der Waals surface area (Å²) in [4.78, 5) is 0. The highest BCUT2D eigenvalue weighted by molar-refractivity contribution is 7.87. The highest BCUT2D eigenvalue weighted by atomic mass is 32.2. The Morgan fingerprint density at radius 1 is 1.37 bits per heavy atom. The normalized spacial score (nSPS) is 22.0. The lowest BCUT2D eigenvalue weighted by Crippen LogP contribution is -2.46. The molecule has 7 heteroatoms. The van der Waals surface area contributed by atoms with Gasteiger partial charge in [-0.15, -0.1) is 0 Å². The van der Waals surface area contributed by atoms with E-state index in [2.05, 4.69) is 4.72 Å². The Hall–Kier alpha value is -0.210. The fourth-order valence-corrected chi connectivity index (χ4v) is 3.60. The topological polar surface area (TPSA) is 67.9 Å². The van der Waals surface area contributed by atoms with Crippen molar-refractivity contribution >= 4 is 10.2 Å². The fourth-order valence-electron chi connectivity index (χ4n) is 2.15. The summed E-state index contributed by atoms with van der Waals surface area (Å²) in [5.74, 6) is 0. The molecule has 0 amide bonds. The predicted octanol–water partition coefficient (Wildman–Crippen LogP) is 0.747. The van der Waals surface area contributed by atoms with E-state index < -0.39 is 10.2 Å². The number of methoxy groups -OCH3 is 2. The molecule has 1 unspecified atom stereocenters. The first kappa shape index (κ1) is 16.8. The maximum Gasteiger partial charge on any atom is 0.279 e. The van der Waals surface area contributed by atoms with Crippen LogP contribution in [0.1, 0.15) is 33.1 Å². The first-order valence-electron chi connectivity index (χ1n) is 6.63. The van der Waals surface area contributed by atoms with Gasteiger partial charge in [0.25, 0.3) is 10.2 Å². The molecule has 0 aromatic heterocycles. The Bertz CT molecular complexity index is 370. The monoisotopic (exact) mass is 294 g/mol. The minimum Gasteiger partial charge on any atom is -0.383 e. The van der Waals surface area contributed by atoms with Gasteiger partial charge in [0.15, 0.2) is 0 Å². The molecular weight excluding hydrogens is 268 g/mol. The number of hydrogen-bond acceptors (Lipinski definition) is 4.